The molecule has 0 aromatic heterocycles. The van der Waals surface area contributed by atoms with E-state index in [-0.39, 0.29) is 49.6 Å². The van der Waals surface area contributed by atoms with Gasteiger partial charge in [-0.15, -0.1) is 23.5 Å². The molecule has 18 heteroatoms. The van der Waals surface area contributed by atoms with Gasteiger partial charge in [-0.2, -0.15) is 0 Å². The molecule has 55 heavy (non-hydrogen) atoms. The monoisotopic (exact) mass is 804 g/mol. The Labute approximate surface area is 332 Å². The van der Waals surface area contributed by atoms with Crippen molar-refractivity contribution < 1.29 is 38.2 Å². The maximum absolute atomic E-state index is 13.1. The highest BCUT2D eigenvalue weighted by Gasteiger charge is 2.24. The van der Waals surface area contributed by atoms with Crippen LogP contribution in [0.15, 0.2) is 60.7 Å². The molecule has 304 valence electrons. The first-order valence-corrected chi connectivity index (χ1v) is 20.2. The van der Waals surface area contributed by atoms with E-state index in [4.69, 9.17) is 9.47 Å². The highest BCUT2D eigenvalue weighted by atomic mass is 32.2. The van der Waals surface area contributed by atoms with Crippen molar-refractivity contribution in [2.75, 3.05) is 84.0 Å². The minimum Gasteiger partial charge on any atom is -0.445 e. The molecule has 0 aliphatic carbocycles. The maximum atomic E-state index is 13.1. The molecule has 6 N–H and O–H groups in total. The summed E-state index contributed by atoms with van der Waals surface area (Å²) in [4.78, 5) is 80.2. The number of carbonyl (C=O) groups excluding carboxylic acids is 6. The standard InChI is InChI=1S/C37H56N8O8S2/c1-44(2)19-11-17-38-32(46)21-40-34(48)30(42-36(50)52-23-28-13-7-5-8-14-28)25-54-27-55-26-31(43-37(51)53-24-29-15-9-6-10-16-29)35(49)41-22-33(47)39-18-12-20-45(3)4/h5-10,13-16,30-31H,11-12,17-27H2,1-4H3,(H,38,46)(H,39,47)(H,40,48)(H,41,49)(H,42,50)(H,43,51)/t30-,31-/m0/s1. The summed E-state index contributed by atoms with van der Waals surface area (Å²) in [6.45, 7) is 1.97. The number of thioether (sulfide) groups is 2. The molecule has 0 saturated carbocycles. The van der Waals surface area contributed by atoms with Crippen LogP contribution in [0.2, 0.25) is 0 Å². The Balaban J connectivity index is 1.95. The van der Waals surface area contributed by atoms with E-state index >= 15 is 0 Å². The van der Waals surface area contributed by atoms with Crippen LogP contribution >= 0.6 is 23.5 Å². The highest BCUT2D eigenvalue weighted by molar-refractivity contribution is 8.16. The van der Waals surface area contributed by atoms with Gasteiger partial charge in [-0.25, -0.2) is 9.59 Å². The van der Waals surface area contributed by atoms with Gasteiger partial charge in [0.25, 0.3) is 0 Å². The van der Waals surface area contributed by atoms with Gasteiger partial charge >= 0.3 is 12.2 Å². The Hall–Kier alpha value is -4.52. The van der Waals surface area contributed by atoms with Crippen molar-refractivity contribution in [3.05, 3.63) is 71.8 Å². The molecule has 0 fully saturated rings. The van der Waals surface area contributed by atoms with Crippen LogP contribution in [-0.2, 0) is 41.9 Å². The normalized spacial score (nSPS) is 11.9. The minimum atomic E-state index is -1.04. The maximum Gasteiger partial charge on any atom is 0.408 e. The van der Waals surface area contributed by atoms with Crippen molar-refractivity contribution in [2.45, 2.75) is 38.1 Å². The molecule has 0 aliphatic heterocycles. The molecule has 0 heterocycles. The first kappa shape index (κ1) is 46.6. The molecule has 0 radical (unpaired) electrons. The Morgan fingerprint density at radius 3 is 1.33 bits per heavy atom. The summed E-state index contributed by atoms with van der Waals surface area (Å²) >= 11 is 2.59. The van der Waals surface area contributed by atoms with E-state index in [2.05, 4.69) is 31.9 Å². The number of alkyl carbamates (subject to hydrolysis) is 2. The summed E-state index contributed by atoms with van der Waals surface area (Å²) in [5.41, 5.74) is 1.54. The zero-order valence-electron chi connectivity index (χ0n) is 32.1. The average molecular weight is 805 g/mol. The quantitative estimate of drug-likeness (QED) is 0.0591. The van der Waals surface area contributed by atoms with E-state index in [1.165, 1.54) is 23.5 Å². The molecule has 0 bridgehead atoms. The number of rotatable bonds is 26. The fraction of sp³-hybridized carbons (Fsp3) is 0.514. The molecule has 2 atom stereocenters. The van der Waals surface area contributed by atoms with E-state index in [1.807, 2.05) is 74.4 Å². The molecular weight excluding hydrogens is 749 g/mol. The van der Waals surface area contributed by atoms with E-state index in [0.717, 1.165) is 37.1 Å². The van der Waals surface area contributed by atoms with E-state index < -0.39 is 36.1 Å². The zero-order valence-corrected chi connectivity index (χ0v) is 33.7. The lowest BCUT2D eigenvalue weighted by Crippen LogP contribution is -2.50. The van der Waals surface area contributed by atoms with Crippen LogP contribution in [-0.4, -0.2) is 142 Å². The Bertz CT molecular complexity index is 1350. The smallest absolute Gasteiger partial charge is 0.408 e. The van der Waals surface area contributed by atoms with Crippen molar-refractivity contribution in [1.82, 2.24) is 41.7 Å². The molecule has 6 amide bonds. The first-order valence-electron chi connectivity index (χ1n) is 17.9. The van der Waals surface area contributed by atoms with Crippen LogP contribution < -0.4 is 31.9 Å². The third-order valence-corrected chi connectivity index (χ3v) is 9.90. The van der Waals surface area contributed by atoms with Crippen molar-refractivity contribution in [3.8, 4) is 0 Å². The van der Waals surface area contributed by atoms with Gasteiger partial charge in [-0.3, -0.25) is 19.2 Å². The predicted octanol–water partition coefficient (Wildman–Crippen LogP) is 1.37. The predicted molar refractivity (Wildman–Crippen MR) is 215 cm³/mol. The number of ether oxygens (including phenoxy) is 2. The fourth-order valence-electron chi connectivity index (χ4n) is 4.52. The number of amides is 6. The third kappa shape index (κ3) is 23.1. The second-order valence-corrected chi connectivity index (χ2v) is 15.3. The number of nitrogens with zero attached hydrogens (tertiary/aromatic N) is 2. The number of hydrogen-bond acceptors (Lipinski definition) is 12. The summed E-state index contributed by atoms with van der Waals surface area (Å²) in [5, 5.41) is 16.2. The van der Waals surface area contributed by atoms with E-state index in [0.29, 0.717) is 18.2 Å². The summed E-state index contributed by atoms with van der Waals surface area (Å²) in [5.74, 6) is -1.64. The summed E-state index contributed by atoms with van der Waals surface area (Å²) in [7, 11) is 7.74. The molecule has 2 rings (SSSR count). The number of benzene rings is 2. The van der Waals surface area contributed by atoms with Gasteiger partial charge in [-0.1, -0.05) is 60.7 Å². The molecule has 2 aromatic rings. The topological polar surface area (TPSA) is 200 Å². The second kappa shape index (κ2) is 28.0. The van der Waals surface area contributed by atoms with Gasteiger partial charge in [-0.05, 0) is 65.2 Å². The van der Waals surface area contributed by atoms with E-state index in [9.17, 15) is 28.8 Å². The van der Waals surface area contributed by atoms with Crippen molar-refractivity contribution in [1.29, 1.82) is 0 Å². The largest absolute Gasteiger partial charge is 0.445 e. The van der Waals surface area contributed by atoms with Gasteiger partial charge in [0.1, 0.15) is 25.3 Å². The van der Waals surface area contributed by atoms with Crippen LogP contribution in [0, 0.1) is 0 Å². The van der Waals surface area contributed by atoms with E-state index in [1.54, 1.807) is 24.3 Å². The zero-order chi connectivity index (χ0) is 40.3. The number of carbonyl (C=O) groups is 6. The number of nitrogens with one attached hydrogen (secondary N) is 6. The molecule has 0 saturated heterocycles. The second-order valence-electron chi connectivity index (χ2n) is 12.8. The SMILES string of the molecule is CN(C)CCCNC(=O)CNC(=O)[C@H](CSCSC[C@H](NC(=O)OCc1ccccc1)C(=O)NCC(=O)NCCCN(C)C)NC(=O)OCc1ccccc1. The molecule has 0 unspecified atom stereocenters. The van der Waals surface area contributed by atoms with Crippen molar-refractivity contribution in [2.24, 2.45) is 0 Å². The lowest BCUT2D eigenvalue weighted by atomic mass is 10.2. The Kier molecular flexibility index (Phi) is 23.7. The summed E-state index contributed by atoms with van der Waals surface area (Å²) < 4.78 is 10.6. The third-order valence-electron chi connectivity index (χ3n) is 7.43. The Morgan fingerprint density at radius 2 is 0.964 bits per heavy atom. The van der Waals surface area contributed by atoms with Gasteiger partial charge in [0.15, 0.2) is 0 Å². The van der Waals surface area contributed by atoms with Crippen molar-refractivity contribution >= 4 is 59.3 Å². The van der Waals surface area contributed by atoms with Gasteiger partial charge in [0.2, 0.25) is 23.6 Å². The summed E-state index contributed by atoms with van der Waals surface area (Å²) in [6.07, 6.45) is -0.111. The lowest BCUT2D eigenvalue weighted by Gasteiger charge is -2.19. The molecule has 0 spiro atoms. The average Bonchev–Trinajstić information content (AvgIpc) is 3.17. The van der Waals surface area contributed by atoms with Gasteiger partial charge in [0.05, 0.1) is 13.1 Å². The number of hydrogen-bond donors (Lipinski definition) is 6. The fourth-order valence-corrected chi connectivity index (χ4v) is 6.71. The van der Waals surface area contributed by atoms with Crippen LogP contribution in [0.5, 0.6) is 0 Å². The first-order chi connectivity index (χ1) is 26.4. The van der Waals surface area contributed by atoms with Crippen LogP contribution in [0.25, 0.3) is 0 Å². The van der Waals surface area contributed by atoms with Crippen LogP contribution in [0.3, 0.4) is 0 Å². The van der Waals surface area contributed by atoms with Gasteiger partial charge < -0.3 is 51.2 Å². The minimum absolute atomic E-state index is 0.00170. The summed E-state index contributed by atoms with van der Waals surface area (Å²) in [6, 6.07) is 16.1. The molecule has 16 nitrogen and oxygen atoms in total. The van der Waals surface area contributed by atoms with Crippen LogP contribution in [0.4, 0.5) is 9.59 Å². The van der Waals surface area contributed by atoms with Crippen molar-refractivity contribution in [3.63, 3.8) is 0 Å². The lowest BCUT2D eigenvalue weighted by molar-refractivity contribution is -0.126. The molecule has 0 aliphatic rings. The highest BCUT2D eigenvalue weighted by Crippen LogP contribution is 2.15. The molecule has 2 aromatic carbocycles. The molecular formula is C37H56N8O8S2. The van der Waals surface area contributed by atoms with Crippen LogP contribution in [0.1, 0.15) is 24.0 Å². The van der Waals surface area contributed by atoms with Gasteiger partial charge in [0, 0.05) is 29.7 Å². The Morgan fingerprint density at radius 1 is 0.582 bits per heavy atom.